The first-order valence-electron chi connectivity index (χ1n) is 11.9. The van der Waals surface area contributed by atoms with Gasteiger partial charge in [-0.25, -0.2) is 0 Å². The minimum atomic E-state index is 0.0288. The van der Waals surface area contributed by atoms with Gasteiger partial charge in [-0.15, -0.1) is 10.2 Å². The number of piperidine rings is 1. The van der Waals surface area contributed by atoms with Crippen molar-refractivity contribution in [3.05, 3.63) is 58.6 Å². The molecule has 0 bridgehead atoms. The third-order valence-electron chi connectivity index (χ3n) is 7.02. The molecule has 2 aromatic carbocycles. The molecule has 33 heavy (non-hydrogen) atoms. The molecule has 2 aliphatic heterocycles. The van der Waals surface area contributed by atoms with Crippen molar-refractivity contribution < 1.29 is 4.74 Å². The van der Waals surface area contributed by atoms with Crippen LogP contribution < -0.4 is 4.74 Å². The Morgan fingerprint density at radius 2 is 1.73 bits per heavy atom. The molecule has 4 nitrogen and oxygen atoms in total. The number of hydrogen-bond donors (Lipinski definition) is 0. The largest absolute Gasteiger partial charge is 0.487 e. The lowest BCUT2D eigenvalue weighted by molar-refractivity contribution is -0.0355. The van der Waals surface area contributed by atoms with Crippen molar-refractivity contribution in [1.82, 2.24) is 15.1 Å². The average Bonchev–Trinajstić information content (AvgIpc) is 3.22. The Kier molecular flexibility index (Phi) is 6.27. The zero-order chi connectivity index (χ0) is 23.1. The van der Waals surface area contributed by atoms with Gasteiger partial charge < -0.3 is 4.74 Å². The molecule has 0 unspecified atom stereocenters. The van der Waals surface area contributed by atoms with Crippen molar-refractivity contribution in [3.63, 3.8) is 0 Å². The number of likely N-dealkylation sites (tertiary alicyclic amines) is 1. The molecule has 174 valence electrons. The summed E-state index contributed by atoms with van der Waals surface area (Å²) in [5.41, 5.74) is 5.46. The van der Waals surface area contributed by atoms with Crippen LogP contribution >= 0.6 is 23.1 Å². The fraction of sp³-hybridized carbons (Fsp3) is 0.481. The van der Waals surface area contributed by atoms with Crippen molar-refractivity contribution in [2.24, 2.45) is 0 Å². The van der Waals surface area contributed by atoms with Gasteiger partial charge in [0.2, 0.25) is 0 Å². The highest BCUT2D eigenvalue weighted by atomic mass is 32.2. The quantitative estimate of drug-likeness (QED) is 0.386. The van der Waals surface area contributed by atoms with Crippen LogP contribution in [-0.4, -0.2) is 39.3 Å². The van der Waals surface area contributed by atoms with Gasteiger partial charge in [-0.3, -0.25) is 4.90 Å². The highest BCUT2D eigenvalue weighted by Gasteiger charge is 2.41. The van der Waals surface area contributed by atoms with Crippen LogP contribution in [0.5, 0.6) is 5.75 Å². The Morgan fingerprint density at radius 3 is 2.39 bits per heavy atom. The average molecular weight is 480 g/mol. The normalized spacial score (nSPS) is 18.2. The highest BCUT2D eigenvalue weighted by Crippen LogP contribution is 2.41. The zero-order valence-corrected chi connectivity index (χ0v) is 21.7. The standard InChI is InChI=1S/C27H33N3OS2/c1-19-28-29-25(33-19)32-18-20-5-7-21(8-6-20)22-9-10-24-23(17-22)11-12-27(31-24)13-15-30(16-14-27)26(2,3)4/h5-10,17H,11-16,18H2,1-4H3. The summed E-state index contributed by atoms with van der Waals surface area (Å²) in [7, 11) is 0. The molecule has 1 aromatic heterocycles. The number of fused-ring (bicyclic) bond motifs is 1. The number of thioether (sulfide) groups is 1. The summed E-state index contributed by atoms with van der Waals surface area (Å²) in [4.78, 5) is 2.59. The van der Waals surface area contributed by atoms with Crippen molar-refractivity contribution in [1.29, 1.82) is 0 Å². The summed E-state index contributed by atoms with van der Waals surface area (Å²) in [6.45, 7) is 11.2. The number of rotatable bonds is 4. The number of aryl methyl sites for hydroxylation is 2. The van der Waals surface area contributed by atoms with Crippen molar-refractivity contribution in [2.45, 2.75) is 74.6 Å². The van der Waals surface area contributed by atoms with Crippen molar-refractivity contribution in [2.75, 3.05) is 13.1 Å². The number of nitrogens with zero attached hydrogens (tertiary/aromatic N) is 3. The minimum Gasteiger partial charge on any atom is -0.487 e. The molecular weight excluding hydrogens is 446 g/mol. The van der Waals surface area contributed by atoms with Crippen LogP contribution in [0.3, 0.4) is 0 Å². The SMILES string of the molecule is Cc1nnc(SCc2ccc(-c3ccc4c(c3)CCC3(CCN(C(C)(C)C)CC3)O4)cc2)s1. The van der Waals surface area contributed by atoms with E-state index in [1.165, 1.54) is 22.3 Å². The first-order chi connectivity index (χ1) is 15.8. The van der Waals surface area contributed by atoms with E-state index >= 15 is 0 Å². The Bertz CT molecular complexity index is 1110. The van der Waals surface area contributed by atoms with Crippen LogP contribution in [0.1, 0.15) is 56.2 Å². The van der Waals surface area contributed by atoms with E-state index in [0.29, 0.717) is 0 Å². The lowest BCUT2D eigenvalue weighted by Gasteiger charge is -2.48. The summed E-state index contributed by atoms with van der Waals surface area (Å²) in [5, 5.41) is 9.31. The maximum absolute atomic E-state index is 6.67. The fourth-order valence-electron chi connectivity index (χ4n) is 4.91. The summed E-state index contributed by atoms with van der Waals surface area (Å²) >= 11 is 3.41. The lowest BCUT2D eigenvalue weighted by atomic mass is 9.81. The Hall–Kier alpha value is -1.89. The van der Waals surface area contributed by atoms with Crippen LogP contribution in [0.25, 0.3) is 11.1 Å². The van der Waals surface area contributed by atoms with Gasteiger partial charge in [0.05, 0.1) is 0 Å². The summed E-state index contributed by atoms with van der Waals surface area (Å²) in [5.74, 6) is 2.01. The van der Waals surface area contributed by atoms with Gasteiger partial charge >= 0.3 is 0 Å². The summed E-state index contributed by atoms with van der Waals surface area (Å²) in [6.07, 6.45) is 4.49. The molecule has 0 radical (unpaired) electrons. The van der Waals surface area contributed by atoms with Gasteiger partial charge in [-0.2, -0.15) is 0 Å². The smallest absolute Gasteiger partial charge is 0.174 e. The van der Waals surface area contributed by atoms with E-state index < -0.39 is 0 Å². The molecule has 3 aromatic rings. The van der Waals surface area contributed by atoms with E-state index in [1.54, 1.807) is 23.1 Å². The summed E-state index contributed by atoms with van der Waals surface area (Å²) in [6, 6.07) is 15.7. The maximum atomic E-state index is 6.67. The molecule has 1 spiro atoms. The van der Waals surface area contributed by atoms with Crippen LogP contribution in [0.4, 0.5) is 0 Å². The van der Waals surface area contributed by atoms with E-state index in [-0.39, 0.29) is 11.1 Å². The predicted molar refractivity (Wildman–Crippen MR) is 138 cm³/mol. The van der Waals surface area contributed by atoms with E-state index in [4.69, 9.17) is 4.74 Å². The van der Waals surface area contributed by atoms with Crippen LogP contribution in [0, 0.1) is 6.92 Å². The van der Waals surface area contributed by atoms with Crippen LogP contribution in [-0.2, 0) is 12.2 Å². The maximum Gasteiger partial charge on any atom is 0.174 e. The monoisotopic (exact) mass is 479 g/mol. The first-order valence-corrected chi connectivity index (χ1v) is 13.7. The van der Waals surface area contributed by atoms with Crippen molar-refractivity contribution >= 4 is 23.1 Å². The molecule has 2 aliphatic rings. The van der Waals surface area contributed by atoms with E-state index in [1.807, 2.05) is 6.92 Å². The Balaban J connectivity index is 1.23. The second-order valence-corrected chi connectivity index (χ2v) is 12.7. The molecule has 6 heteroatoms. The lowest BCUT2D eigenvalue weighted by Crippen LogP contribution is -2.54. The van der Waals surface area contributed by atoms with E-state index in [0.717, 1.165) is 59.6 Å². The van der Waals surface area contributed by atoms with Gasteiger partial charge in [0.1, 0.15) is 16.4 Å². The van der Waals surface area contributed by atoms with Gasteiger partial charge in [0, 0.05) is 24.4 Å². The third kappa shape index (κ3) is 5.13. The Morgan fingerprint density at radius 1 is 1.00 bits per heavy atom. The molecule has 0 N–H and O–H groups in total. The topological polar surface area (TPSA) is 38.2 Å². The van der Waals surface area contributed by atoms with Gasteiger partial charge in [0.15, 0.2) is 4.34 Å². The number of aromatic nitrogens is 2. The number of hydrogen-bond acceptors (Lipinski definition) is 6. The molecule has 1 saturated heterocycles. The third-order valence-corrected chi connectivity index (χ3v) is 9.06. The van der Waals surface area contributed by atoms with Crippen LogP contribution in [0.2, 0.25) is 0 Å². The molecule has 0 amide bonds. The number of benzene rings is 2. The fourth-order valence-corrected chi connectivity index (χ4v) is 6.68. The Labute approximate surface area is 205 Å². The number of ether oxygens (including phenoxy) is 1. The zero-order valence-electron chi connectivity index (χ0n) is 20.1. The van der Waals surface area contributed by atoms with Gasteiger partial charge in [-0.05, 0) is 87.8 Å². The molecule has 0 aliphatic carbocycles. The van der Waals surface area contributed by atoms with Crippen molar-refractivity contribution in [3.8, 4) is 16.9 Å². The minimum absolute atomic E-state index is 0.0288. The first kappa shape index (κ1) is 22.9. The van der Waals surface area contributed by atoms with Gasteiger partial charge in [0.25, 0.3) is 0 Å². The molecular formula is C27H33N3OS2. The predicted octanol–water partition coefficient (Wildman–Crippen LogP) is 6.76. The molecule has 0 saturated carbocycles. The van der Waals surface area contributed by atoms with E-state index in [2.05, 4.69) is 78.3 Å². The second kappa shape index (κ2) is 9.05. The molecule has 3 heterocycles. The molecule has 1 fully saturated rings. The highest BCUT2D eigenvalue weighted by molar-refractivity contribution is 8.00. The van der Waals surface area contributed by atoms with E-state index in [9.17, 15) is 0 Å². The van der Waals surface area contributed by atoms with Gasteiger partial charge in [-0.1, -0.05) is 53.4 Å². The summed E-state index contributed by atoms with van der Waals surface area (Å²) < 4.78 is 7.70. The molecule has 5 rings (SSSR count). The molecule has 0 atom stereocenters. The second-order valence-electron chi connectivity index (χ2n) is 10.3. The van der Waals surface area contributed by atoms with Crippen LogP contribution in [0.15, 0.2) is 46.8 Å².